The summed E-state index contributed by atoms with van der Waals surface area (Å²) in [5.41, 5.74) is 2.25. The lowest BCUT2D eigenvalue weighted by Crippen LogP contribution is -2.37. The molecule has 0 N–H and O–H groups in total. The number of hydrogen-bond acceptors (Lipinski definition) is 4. The van der Waals surface area contributed by atoms with Crippen molar-refractivity contribution in [2.24, 2.45) is 0 Å². The summed E-state index contributed by atoms with van der Waals surface area (Å²) >= 11 is 1.83. The number of carbonyl (C=O) groups is 1. The van der Waals surface area contributed by atoms with Crippen LogP contribution < -0.4 is 9.80 Å². The number of carbonyl (C=O) groups excluding carboxylic acids is 1. The highest BCUT2D eigenvalue weighted by Crippen LogP contribution is 2.37. The fraction of sp³-hybridized carbons (Fsp3) is 0.500. The molecule has 1 fully saturated rings. The SMILES string of the molecule is CC(=O)N1CCSc2ccc(N3CCOCC3)cc21. The maximum absolute atomic E-state index is 11.7. The van der Waals surface area contributed by atoms with Gasteiger partial charge in [0, 0.05) is 42.9 Å². The van der Waals surface area contributed by atoms with Gasteiger partial charge < -0.3 is 14.5 Å². The van der Waals surface area contributed by atoms with E-state index in [4.69, 9.17) is 4.74 Å². The quantitative estimate of drug-likeness (QED) is 0.786. The molecule has 1 amide bonds. The second-order valence-electron chi connectivity index (χ2n) is 4.77. The molecule has 0 aliphatic carbocycles. The molecule has 5 heteroatoms. The van der Waals surface area contributed by atoms with Crippen molar-refractivity contribution in [2.75, 3.05) is 48.4 Å². The topological polar surface area (TPSA) is 32.8 Å². The predicted molar refractivity (Wildman–Crippen MR) is 78.2 cm³/mol. The molecule has 0 saturated carbocycles. The molecule has 19 heavy (non-hydrogen) atoms. The van der Waals surface area contributed by atoms with Gasteiger partial charge in [-0.3, -0.25) is 4.79 Å². The molecule has 0 bridgehead atoms. The van der Waals surface area contributed by atoms with Crippen molar-refractivity contribution in [3.63, 3.8) is 0 Å². The van der Waals surface area contributed by atoms with E-state index < -0.39 is 0 Å². The summed E-state index contributed by atoms with van der Waals surface area (Å²) in [6, 6.07) is 6.44. The van der Waals surface area contributed by atoms with Gasteiger partial charge in [0.2, 0.25) is 5.91 Å². The monoisotopic (exact) mass is 278 g/mol. The Labute approximate surface area is 117 Å². The first-order valence-electron chi connectivity index (χ1n) is 6.63. The number of rotatable bonds is 1. The van der Waals surface area contributed by atoms with Crippen LogP contribution in [0.2, 0.25) is 0 Å². The highest BCUT2D eigenvalue weighted by atomic mass is 32.2. The van der Waals surface area contributed by atoms with Crippen molar-refractivity contribution in [3.05, 3.63) is 18.2 Å². The lowest BCUT2D eigenvalue weighted by atomic mass is 10.2. The van der Waals surface area contributed by atoms with Crippen LogP contribution in [-0.2, 0) is 9.53 Å². The third-order valence-corrected chi connectivity index (χ3v) is 4.61. The van der Waals surface area contributed by atoms with Crippen molar-refractivity contribution in [1.29, 1.82) is 0 Å². The molecule has 1 aromatic carbocycles. The molecule has 0 unspecified atom stereocenters. The summed E-state index contributed by atoms with van der Waals surface area (Å²) in [5.74, 6) is 1.10. The molecular formula is C14H18N2O2S. The second-order valence-corrected chi connectivity index (χ2v) is 5.91. The Balaban J connectivity index is 1.92. The van der Waals surface area contributed by atoms with Gasteiger partial charge in [0.05, 0.1) is 18.9 Å². The zero-order valence-corrected chi connectivity index (χ0v) is 11.9. The van der Waals surface area contributed by atoms with Crippen LogP contribution in [0.4, 0.5) is 11.4 Å². The molecule has 2 aliphatic rings. The van der Waals surface area contributed by atoms with Gasteiger partial charge in [-0.05, 0) is 18.2 Å². The maximum Gasteiger partial charge on any atom is 0.223 e. The van der Waals surface area contributed by atoms with Crippen molar-refractivity contribution in [2.45, 2.75) is 11.8 Å². The van der Waals surface area contributed by atoms with Crippen molar-refractivity contribution >= 4 is 29.0 Å². The first kappa shape index (κ1) is 12.8. The Morgan fingerprint density at radius 1 is 1.26 bits per heavy atom. The van der Waals surface area contributed by atoms with Gasteiger partial charge in [-0.1, -0.05) is 0 Å². The number of ether oxygens (including phenoxy) is 1. The Bertz CT molecular complexity index is 486. The van der Waals surface area contributed by atoms with Gasteiger partial charge in [-0.15, -0.1) is 11.8 Å². The van der Waals surface area contributed by atoms with E-state index in [-0.39, 0.29) is 5.91 Å². The largest absolute Gasteiger partial charge is 0.378 e. The van der Waals surface area contributed by atoms with E-state index in [0.717, 1.165) is 44.3 Å². The van der Waals surface area contributed by atoms with E-state index in [1.165, 1.54) is 10.6 Å². The minimum atomic E-state index is 0.126. The van der Waals surface area contributed by atoms with Gasteiger partial charge in [0.15, 0.2) is 0 Å². The molecule has 102 valence electrons. The molecular weight excluding hydrogens is 260 g/mol. The van der Waals surface area contributed by atoms with Crippen LogP contribution in [0.5, 0.6) is 0 Å². The van der Waals surface area contributed by atoms with Crippen molar-refractivity contribution in [1.82, 2.24) is 0 Å². The molecule has 4 nitrogen and oxygen atoms in total. The standard InChI is InChI=1S/C14H18N2O2S/c1-11(17)16-6-9-19-14-3-2-12(10-13(14)16)15-4-7-18-8-5-15/h2-3,10H,4-9H2,1H3. The average Bonchev–Trinajstić information content (AvgIpc) is 2.47. The molecule has 1 aromatic rings. The molecule has 1 saturated heterocycles. The van der Waals surface area contributed by atoms with Gasteiger partial charge in [0.1, 0.15) is 0 Å². The lowest BCUT2D eigenvalue weighted by molar-refractivity contribution is -0.116. The lowest BCUT2D eigenvalue weighted by Gasteiger charge is -2.32. The summed E-state index contributed by atoms with van der Waals surface area (Å²) in [4.78, 5) is 17.1. The summed E-state index contributed by atoms with van der Waals surface area (Å²) in [5, 5.41) is 0. The second kappa shape index (κ2) is 5.43. The van der Waals surface area contributed by atoms with E-state index in [1.807, 2.05) is 16.7 Å². The number of hydrogen-bond donors (Lipinski definition) is 0. The van der Waals surface area contributed by atoms with Gasteiger partial charge in [-0.2, -0.15) is 0 Å². The number of fused-ring (bicyclic) bond motifs is 1. The maximum atomic E-state index is 11.7. The Kier molecular flexibility index (Phi) is 3.66. The van der Waals surface area contributed by atoms with Crippen molar-refractivity contribution in [3.8, 4) is 0 Å². The number of nitrogens with zero attached hydrogens (tertiary/aromatic N) is 2. The summed E-state index contributed by atoms with van der Waals surface area (Å²) in [6.45, 7) is 5.85. The van der Waals surface area contributed by atoms with Crippen LogP contribution in [-0.4, -0.2) is 44.5 Å². The Morgan fingerprint density at radius 3 is 2.79 bits per heavy atom. The van der Waals surface area contributed by atoms with E-state index in [0.29, 0.717) is 0 Å². The third kappa shape index (κ3) is 2.58. The summed E-state index contributed by atoms with van der Waals surface area (Å²) < 4.78 is 5.38. The Morgan fingerprint density at radius 2 is 2.05 bits per heavy atom. The molecule has 0 spiro atoms. The fourth-order valence-electron chi connectivity index (χ4n) is 2.55. The predicted octanol–water partition coefficient (Wildman–Crippen LogP) is 1.98. The summed E-state index contributed by atoms with van der Waals surface area (Å²) in [6.07, 6.45) is 0. The first-order valence-corrected chi connectivity index (χ1v) is 7.62. The van der Waals surface area contributed by atoms with Crippen LogP contribution in [0, 0.1) is 0 Å². The van der Waals surface area contributed by atoms with Crippen LogP contribution in [0.25, 0.3) is 0 Å². The van der Waals surface area contributed by atoms with Crippen LogP contribution in [0.15, 0.2) is 23.1 Å². The molecule has 3 rings (SSSR count). The van der Waals surface area contributed by atoms with Gasteiger partial charge in [-0.25, -0.2) is 0 Å². The van der Waals surface area contributed by atoms with E-state index in [1.54, 1.807) is 6.92 Å². The van der Waals surface area contributed by atoms with Crippen LogP contribution >= 0.6 is 11.8 Å². The zero-order valence-electron chi connectivity index (χ0n) is 11.1. The average molecular weight is 278 g/mol. The van der Waals surface area contributed by atoms with Crippen LogP contribution in [0.1, 0.15) is 6.92 Å². The van der Waals surface area contributed by atoms with Crippen molar-refractivity contribution < 1.29 is 9.53 Å². The number of thioether (sulfide) groups is 1. The minimum Gasteiger partial charge on any atom is -0.378 e. The number of benzene rings is 1. The highest BCUT2D eigenvalue weighted by Gasteiger charge is 2.22. The molecule has 0 aromatic heterocycles. The minimum absolute atomic E-state index is 0.126. The molecule has 0 atom stereocenters. The molecule has 2 aliphatic heterocycles. The number of morpholine rings is 1. The first-order chi connectivity index (χ1) is 9.25. The molecule has 2 heterocycles. The fourth-order valence-corrected chi connectivity index (χ4v) is 3.53. The third-order valence-electron chi connectivity index (χ3n) is 3.56. The number of amides is 1. The van der Waals surface area contributed by atoms with E-state index in [9.17, 15) is 4.79 Å². The normalized spacial score (nSPS) is 19.2. The molecule has 0 radical (unpaired) electrons. The zero-order chi connectivity index (χ0) is 13.2. The summed E-state index contributed by atoms with van der Waals surface area (Å²) in [7, 11) is 0. The van der Waals surface area contributed by atoms with E-state index >= 15 is 0 Å². The van der Waals surface area contributed by atoms with Gasteiger partial charge >= 0.3 is 0 Å². The van der Waals surface area contributed by atoms with Gasteiger partial charge in [0.25, 0.3) is 0 Å². The van der Waals surface area contributed by atoms with E-state index in [2.05, 4.69) is 23.1 Å². The Hall–Kier alpha value is -1.20. The smallest absolute Gasteiger partial charge is 0.223 e. The number of anilines is 2. The highest BCUT2D eigenvalue weighted by molar-refractivity contribution is 7.99. The van der Waals surface area contributed by atoms with Crippen LogP contribution in [0.3, 0.4) is 0 Å².